The van der Waals surface area contributed by atoms with E-state index in [0.29, 0.717) is 6.04 Å². The molecule has 1 aromatic rings. The van der Waals surface area contributed by atoms with Crippen LogP contribution in [-0.4, -0.2) is 24.1 Å². The van der Waals surface area contributed by atoms with Crippen molar-refractivity contribution in [2.24, 2.45) is 0 Å². The Bertz CT molecular complexity index is 362. The van der Waals surface area contributed by atoms with Crippen molar-refractivity contribution in [3.05, 3.63) is 18.3 Å². The topological polar surface area (TPSA) is 28.2 Å². The maximum atomic E-state index is 4.61. The summed E-state index contributed by atoms with van der Waals surface area (Å²) in [7, 11) is 0. The van der Waals surface area contributed by atoms with Crippen LogP contribution in [0.1, 0.15) is 44.9 Å². The van der Waals surface area contributed by atoms with Crippen molar-refractivity contribution in [3.63, 3.8) is 0 Å². The van der Waals surface area contributed by atoms with E-state index in [0.717, 1.165) is 5.82 Å². The van der Waals surface area contributed by atoms with E-state index < -0.39 is 0 Å². The SMILES string of the molecule is c1cc(N2CCCCC2)ncc1NC1CCCC1. The molecule has 98 valence electrons. The van der Waals surface area contributed by atoms with Crippen molar-refractivity contribution in [3.8, 4) is 0 Å². The van der Waals surface area contributed by atoms with E-state index in [1.807, 2.05) is 6.20 Å². The van der Waals surface area contributed by atoms with E-state index >= 15 is 0 Å². The van der Waals surface area contributed by atoms with E-state index in [1.54, 1.807) is 0 Å². The molecular weight excluding hydrogens is 222 g/mol. The molecule has 3 nitrogen and oxygen atoms in total. The molecule has 0 spiro atoms. The minimum Gasteiger partial charge on any atom is -0.381 e. The fourth-order valence-corrected chi connectivity index (χ4v) is 3.09. The molecule has 0 bridgehead atoms. The number of piperidine rings is 1. The maximum absolute atomic E-state index is 4.61. The van der Waals surface area contributed by atoms with Crippen molar-refractivity contribution in [1.29, 1.82) is 0 Å². The van der Waals surface area contributed by atoms with Crippen LogP contribution in [0.5, 0.6) is 0 Å². The lowest BCUT2D eigenvalue weighted by Crippen LogP contribution is -2.30. The molecule has 2 heterocycles. The average molecular weight is 245 g/mol. The Labute approximate surface area is 110 Å². The highest BCUT2D eigenvalue weighted by Gasteiger charge is 2.15. The Kier molecular flexibility index (Phi) is 3.67. The number of anilines is 2. The number of hydrogen-bond acceptors (Lipinski definition) is 3. The van der Waals surface area contributed by atoms with E-state index in [9.17, 15) is 0 Å². The maximum Gasteiger partial charge on any atom is 0.128 e. The predicted molar refractivity (Wildman–Crippen MR) is 76.2 cm³/mol. The summed E-state index contributed by atoms with van der Waals surface area (Å²) in [6, 6.07) is 5.03. The van der Waals surface area contributed by atoms with Gasteiger partial charge in [0.25, 0.3) is 0 Å². The highest BCUT2D eigenvalue weighted by atomic mass is 15.2. The van der Waals surface area contributed by atoms with Gasteiger partial charge in [-0.05, 0) is 44.2 Å². The third kappa shape index (κ3) is 2.77. The third-order valence-corrected chi connectivity index (χ3v) is 4.15. The van der Waals surface area contributed by atoms with Gasteiger partial charge in [0.15, 0.2) is 0 Å². The van der Waals surface area contributed by atoms with Gasteiger partial charge < -0.3 is 10.2 Å². The number of nitrogens with zero attached hydrogens (tertiary/aromatic N) is 2. The van der Waals surface area contributed by atoms with E-state index in [2.05, 4.69) is 27.3 Å². The molecule has 0 aromatic carbocycles. The first-order valence-electron chi connectivity index (χ1n) is 7.39. The largest absolute Gasteiger partial charge is 0.381 e. The molecule has 0 atom stereocenters. The Hall–Kier alpha value is -1.25. The fourth-order valence-electron chi connectivity index (χ4n) is 3.09. The summed E-state index contributed by atoms with van der Waals surface area (Å²) in [6.45, 7) is 2.34. The van der Waals surface area contributed by atoms with Crippen LogP contribution in [-0.2, 0) is 0 Å². The standard InChI is InChI=1S/C15H23N3/c1-4-10-18(11-5-1)15-9-8-14(12-16-15)17-13-6-2-3-7-13/h8-9,12-13,17H,1-7,10-11H2. The van der Waals surface area contributed by atoms with Crippen LogP contribution < -0.4 is 10.2 Å². The van der Waals surface area contributed by atoms with Gasteiger partial charge >= 0.3 is 0 Å². The van der Waals surface area contributed by atoms with Gasteiger partial charge in [-0.1, -0.05) is 12.8 Å². The molecule has 3 heteroatoms. The first kappa shape index (κ1) is 11.8. The second-order valence-electron chi connectivity index (χ2n) is 5.58. The normalized spacial score (nSPS) is 21.2. The molecule has 2 aliphatic rings. The summed E-state index contributed by atoms with van der Waals surface area (Å²) >= 11 is 0. The Morgan fingerprint density at radius 1 is 1.00 bits per heavy atom. The van der Waals surface area contributed by atoms with Gasteiger partial charge in [0.2, 0.25) is 0 Å². The summed E-state index contributed by atoms with van der Waals surface area (Å²) in [5, 5.41) is 3.59. The summed E-state index contributed by atoms with van der Waals surface area (Å²) in [5.74, 6) is 1.15. The van der Waals surface area contributed by atoms with Crippen molar-refractivity contribution < 1.29 is 0 Å². The number of rotatable bonds is 3. The van der Waals surface area contributed by atoms with Crippen LogP contribution in [0.4, 0.5) is 11.5 Å². The predicted octanol–water partition coefficient (Wildman–Crippen LogP) is 3.43. The third-order valence-electron chi connectivity index (χ3n) is 4.15. The second-order valence-corrected chi connectivity index (χ2v) is 5.58. The summed E-state index contributed by atoms with van der Waals surface area (Å²) in [6.07, 6.45) is 11.4. The van der Waals surface area contributed by atoms with Gasteiger partial charge in [-0.3, -0.25) is 0 Å². The zero-order valence-electron chi connectivity index (χ0n) is 11.1. The van der Waals surface area contributed by atoms with Crippen LogP contribution in [0.15, 0.2) is 18.3 Å². The molecule has 1 aliphatic carbocycles. The minimum absolute atomic E-state index is 0.674. The number of nitrogens with one attached hydrogen (secondary N) is 1. The first-order valence-corrected chi connectivity index (χ1v) is 7.39. The van der Waals surface area contributed by atoms with Gasteiger partial charge in [0.05, 0.1) is 11.9 Å². The molecule has 1 saturated carbocycles. The van der Waals surface area contributed by atoms with Gasteiger partial charge in [-0.25, -0.2) is 4.98 Å². The van der Waals surface area contributed by atoms with Crippen molar-refractivity contribution in [2.75, 3.05) is 23.3 Å². The molecule has 3 rings (SSSR count). The average Bonchev–Trinajstić information content (AvgIpc) is 2.94. The van der Waals surface area contributed by atoms with Gasteiger partial charge in [0.1, 0.15) is 5.82 Å². The van der Waals surface area contributed by atoms with Gasteiger partial charge in [-0.2, -0.15) is 0 Å². The molecule has 1 aliphatic heterocycles. The molecule has 1 saturated heterocycles. The van der Waals surface area contributed by atoms with Gasteiger partial charge in [-0.15, -0.1) is 0 Å². The zero-order chi connectivity index (χ0) is 12.2. The highest BCUT2D eigenvalue weighted by Crippen LogP contribution is 2.23. The number of pyridine rings is 1. The van der Waals surface area contributed by atoms with Crippen LogP contribution in [0.3, 0.4) is 0 Å². The smallest absolute Gasteiger partial charge is 0.128 e. The highest BCUT2D eigenvalue weighted by molar-refractivity contribution is 5.49. The molecule has 0 unspecified atom stereocenters. The van der Waals surface area contributed by atoms with Crippen molar-refractivity contribution in [1.82, 2.24) is 4.98 Å². The van der Waals surface area contributed by atoms with Crippen LogP contribution >= 0.6 is 0 Å². The van der Waals surface area contributed by atoms with Crippen LogP contribution in [0.25, 0.3) is 0 Å². The molecule has 2 fully saturated rings. The van der Waals surface area contributed by atoms with Crippen molar-refractivity contribution in [2.45, 2.75) is 51.0 Å². The van der Waals surface area contributed by atoms with E-state index in [1.165, 1.54) is 63.7 Å². The number of aromatic nitrogens is 1. The second kappa shape index (κ2) is 5.59. The molecule has 1 N–H and O–H groups in total. The summed E-state index contributed by atoms with van der Waals surface area (Å²) < 4.78 is 0. The van der Waals surface area contributed by atoms with Crippen molar-refractivity contribution >= 4 is 11.5 Å². The molecular formula is C15H23N3. The summed E-state index contributed by atoms with van der Waals surface area (Å²) in [4.78, 5) is 7.01. The molecule has 18 heavy (non-hydrogen) atoms. The van der Waals surface area contributed by atoms with E-state index in [4.69, 9.17) is 0 Å². The lowest BCUT2D eigenvalue weighted by molar-refractivity contribution is 0.573. The Morgan fingerprint density at radius 2 is 1.78 bits per heavy atom. The minimum atomic E-state index is 0.674. The molecule has 0 amide bonds. The lowest BCUT2D eigenvalue weighted by Gasteiger charge is -2.27. The fraction of sp³-hybridized carbons (Fsp3) is 0.667. The van der Waals surface area contributed by atoms with Crippen LogP contribution in [0.2, 0.25) is 0 Å². The van der Waals surface area contributed by atoms with E-state index in [-0.39, 0.29) is 0 Å². The number of hydrogen-bond donors (Lipinski definition) is 1. The monoisotopic (exact) mass is 245 g/mol. The Morgan fingerprint density at radius 3 is 2.44 bits per heavy atom. The summed E-state index contributed by atoms with van der Waals surface area (Å²) in [5.41, 5.74) is 1.18. The zero-order valence-corrected chi connectivity index (χ0v) is 11.1. The van der Waals surface area contributed by atoms with Gasteiger partial charge in [0, 0.05) is 19.1 Å². The lowest BCUT2D eigenvalue weighted by atomic mass is 10.1. The molecule has 0 radical (unpaired) electrons. The first-order chi connectivity index (χ1) is 8.92. The molecule has 1 aromatic heterocycles. The Balaban J connectivity index is 1.60. The quantitative estimate of drug-likeness (QED) is 0.884. The van der Waals surface area contributed by atoms with Crippen LogP contribution in [0, 0.1) is 0 Å².